The van der Waals surface area contributed by atoms with E-state index in [2.05, 4.69) is 6.08 Å². The number of halogens is 2. The highest BCUT2D eigenvalue weighted by Gasteiger charge is 2.41. The average molecular weight is 431 g/mol. The van der Waals surface area contributed by atoms with Crippen molar-refractivity contribution in [3.63, 3.8) is 0 Å². The van der Waals surface area contributed by atoms with Gasteiger partial charge in [0.25, 0.3) is 0 Å². The fraction of sp³-hybridized carbons (Fsp3) is 0.571. The zero-order chi connectivity index (χ0) is 20.4. The van der Waals surface area contributed by atoms with Gasteiger partial charge in [0.1, 0.15) is 12.4 Å². The minimum absolute atomic E-state index is 0.0491. The van der Waals surface area contributed by atoms with Crippen molar-refractivity contribution < 1.29 is 24.5 Å². The van der Waals surface area contributed by atoms with E-state index >= 15 is 0 Å². The Kier molecular flexibility index (Phi) is 10.1. The van der Waals surface area contributed by atoms with Gasteiger partial charge in [-0.05, 0) is 43.7 Å². The normalized spacial score (nSPS) is 24.6. The van der Waals surface area contributed by atoms with E-state index in [0.717, 1.165) is 12.8 Å². The molecule has 0 saturated heterocycles. The van der Waals surface area contributed by atoms with Crippen LogP contribution in [-0.4, -0.2) is 47.5 Å². The zero-order valence-corrected chi connectivity index (χ0v) is 17.3. The predicted octanol–water partition coefficient (Wildman–Crippen LogP) is 3.98. The lowest BCUT2D eigenvalue weighted by Gasteiger charge is -2.23. The van der Waals surface area contributed by atoms with Crippen molar-refractivity contribution in [2.24, 2.45) is 11.8 Å². The van der Waals surface area contributed by atoms with Gasteiger partial charge in [-0.15, -0.1) is 11.6 Å². The molecule has 0 unspecified atom stereocenters. The number of ether oxygens (including phenoxy) is 2. The molecule has 0 aliphatic heterocycles. The monoisotopic (exact) mass is 430 g/mol. The molecule has 4 atom stereocenters. The Bertz CT molecular complexity index is 637. The first-order valence-corrected chi connectivity index (χ1v) is 10.4. The number of carbonyl (C=O) groups is 1. The summed E-state index contributed by atoms with van der Waals surface area (Å²) in [5, 5.41) is 19.4. The molecule has 0 heterocycles. The first-order chi connectivity index (χ1) is 13.5. The van der Waals surface area contributed by atoms with Gasteiger partial charge in [0.15, 0.2) is 0 Å². The quantitative estimate of drug-likeness (QED) is 0.240. The second kappa shape index (κ2) is 12.3. The summed E-state index contributed by atoms with van der Waals surface area (Å²) in [5.41, 5.74) is 0. The van der Waals surface area contributed by atoms with Crippen molar-refractivity contribution in [1.29, 1.82) is 0 Å². The lowest BCUT2D eigenvalue weighted by atomic mass is 9.92. The maximum atomic E-state index is 11.4. The van der Waals surface area contributed by atoms with E-state index in [0.29, 0.717) is 36.6 Å². The maximum Gasteiger partial charge on any atom is 0.305 e. The van der Waals surface area contributed by atoms with Gasteiger partial charge in [0.05, 0.1) is 24.3 Å². The summed E-state index contributed by atoms with van der Waals surface area (Å²) in [6.45, 7) is 0.261. The molecule has 1 aliphatic rings. The van der Waals surface area contributed by atoms with Crippen molar-refractivity contribution in [1.82, 2.24) is 0 Å². The van der Waals surface area contributed by atoms with Crippen LogP contribution in [-0.2, 0) is 9.53 Å². The highest BCUT2D eigenvalue weighted by Crippen LogP contribution is 2.39. The summed E-state index contributed by atoms with van der Waals surface area (Å²) in [4.78, 5) is 11.4. The van der Waals surface area contributed by atoms with Crippen molar-refractivity contribution >= 4 is 29.2 Å². The number of hydrogen-bond acceptors (Lipinski definition) is 5. The van der Waals surface area contributed by atoms with Crippen LogP contribution >= 0.6 is 23.2 Å². The summed E-state index contributed by atoms with van der Waals surface area (Å²) in [6.07, 6.45) is 6.67. The van der Waals surface area contributed by atoms with Gasteiger partial charge in [-0.2, -0.15) is 0 Å². The molecule has 1 aromatic rings. The Morgan fingerprint density at radius 1 is 1.25 bits per heavy atom. The first-order valence-electron chi connectivity index (χ1n) is 9.64. The van der Waals surface area contributed by atoms with Gasteiger partial charge in [0.2, 0.25) is 0 Å². The number of aliphatic hydroxyl groups excluding tert-OH is 2. The van der Waals surface area contributed by atoms with Crippen molar-refractivity contribution in [2.75, 3.05) is 19.8 Å². The number of benzene rings is 1. The van der Waals surface area contributed by atoms with Gasteiger partial charge in [-0.3, -0.25) is 4.79 Å². The Labute approximate surface area is 176 Å². The Balaban J connectivity index is 1.76. The van der Waals surface area contributed by atoms with E-state index in [-0.39, 0.29) is 36.4 Å². The Morgan fingerprint density at radius 3 is 2.79 bits per heavy atom. The minimum atomic E-state index is -0.496. The molecule has 28 heavy (non-hydrogen) atoms. The summed E-state index contributed by atoms with van der Waals surface area (Å²) < 4.78 is 10.6. The number of allylic oxidation sites excluding steroid dienone is 2. The van der Waals surface area contributed by atoms with Crippen LogP contribution in [0.2, 0.25) is 5.02 Å². The number of rotatable bonds is 11. The minimum Gasteiger partial charge on any atom is -0.492 e. The van der Waals surface area contributed by atoms with Crippen molar-refractivity contribution in [3.8, 4) is 5.75 Å². The molecule has 0 spiro atoms. The number of aliphatic hydroxyl groups is 2. The Hall–Kier alpha value is -1.27. The molecule has 0 bridgehead atoms. The lowest BCUT2D eigenvalue weighted by molar-refractivity contribution is -0.144. The molecule has 1 saturated carbocycles. The van der Waals surface area contributed by atoms with E-state index in [1.807, 2.05) is 24.3 Å². The highest BCUT2D eigenvalue weighted by molar-refractivity contribution is 6.32. The van der Waals surface area contributed by atoms with Gasteiger partial charge in [-0.25, -0.2) is 0 Å². The third kappa shape index (κ3) is 7.28. The molecule has 0 radical (unpaired) electrons. The van der Waals surface area contributed by atoms with Gasteiger partial charge < -0.3 is 19.7 Å². The molecule has 1 aromatic carbocycles. The molecule has 5 nitrogen and oxygen atoms in total. The average Bonchev–Trinajstić information content (AvgIpc) is 2.94. The lowest BCUT2D eigenvalue weighted by Crippen LogP contribution is -2.27. The standard InChI is InChI=1S/C21H28Cl2O5/c22-17-8-5-6-9-20(17)28-14-16-15(18(23)13-19(16)25)7-3-1-2-4-10-21(26)27-12-11-24/h1,3,5-6,8-9,15-16,18-19,24-25H,2,4,7,10-14H2/b3-1-/t15-,16-,18-,19-/m1/s1. The molecule has 2 N–H and O–H groups in total. The second-order valence-electron chi connectivity index (χ2n) is 6.93. The SMILES string of the molecule is O=C(CCC/C=C\C[C@@H]1[C@@H](COc2ccccc2Cl)[C@H](O)C[C@H]1Cl)OCCO. The third-order valence-electron chi connectivity index (χ3n) is 4.92. The number of alkyl halides is 1. The van der Waals surface area contributed by atoms with Gasteiger partial charge in [-0.1, -0.05) is 35.9 Å². The van der Waals surface area contributed by atoms with Crippen molar-refractivity contribution in [3.05, 3.63) is 41.4 Å². The van der Waals surface area contributed by atoms with Crippen LogP contribution in [0.15, 0.2) is 36.4 Å². The summed E-state index contributed by atoms with van der Waals surface area (Å²) in [7, 11) is 0. The van der Waals surface area contributed by atoms with E-state index in [1.165, 1.54) is 0 Å². The Morgan fingerprint density at radius 2 is 2.04 bits per heavy atom. The molecule has 156 valence electrons. The third-order valence-corrected chi connectivity index (χ3v) is 5.74. The van der Waals surface area contributed by atoms with Crippen LogP contribution in [0, 0.1) is 11.8 Å². The number of para-hydroxylation sites is 1. The van der Waals surface area contributed by atoms with E-state index in [4.69, 9.17) is 37.8 Å². The zero-order valence-electron chi connectivity index (χ0n) is 15.8. The van der Waals surface area contributed by atoms with Crippen LogP contribution in [0.3, 0.4) is 0 Å². The van der Waals surface area contributed by atoms with Gasteiger partial charge >= 0.3 is 5.97 Å². The molecule has 1 fully saturated rings. The molecule has 7 heteroatoms. The second-order valence-corrected chi connectivity index (χ2v) is 7.90. The van der Waals surface area contributed by atoms with E-state index in [1.54, 1.807) is 6.07 Å². The fourth-order valence-electron chi connectivity index (χ4n) is 3.41. The summed E-state index contributed by atoms with van der Waals surface area (Å²) >= 11 is 12.6. The maximum absolute atomic E-state index is 11.4. The van der Waals surface area contributed by atoms with Crippen LogP contribution in [0.25, 0.3) is 0 Å². The van der Waals surface area contributed by atoms with E-state index in [9.17, 15) is 9.90 Å². The molecule has 1 aliphatic carbocycles. The van der Waals surface area contributed by atoms with Crippen LogP contribution in [0.1, 0.15) is 32.1 Å². The summed E-state index contributed by atoms with van der Waals surface area (Å²) in [5.74, 6) is 0.373. The topological polar surface area (TPSA) is 76.0 Å². The summed E-state index contributed by atoms with van der Waals surface area (Å²) in [6, 6.07) is 7.28. The van der Waals surface area contributed by atoms with Crippen LogP contribution in [0.4, 0.5) is 0 Å². The highest BCUT2D eigenvalue weighted by atomic mass is 35.5. The molecular weight excluding hydrogens is 403 g/mol. The van der Waals surface area contributed by atoms with Gasteiger partial charge in [0, 0.05) is 17.7 Å². The van der Waals surface area contributed by atoms with Crippen LogP contribution < -0.4 is 4.74 Å². The number of esters is 1. The van der Waals surface area contributed by atoms with Crippen molar-refractivity contribution in [2.45, 2.75) is 43.6 Å². The largest absolute Gasteiger partial charge is 0.492 e. The number of hydrogen-bond donors (Lipinski definition) is 2. The molecule has 0 amide bonds. The first kappa shape index (κ1) is 23.0. The van der Waals surface area contributed by atoms with Crippen LogP contribution in [0.5, 0.6) is 5.75 Å². The smallest absolute Gasteiger partial charge is 0.305 e. The predicted molar refractivity (Wildman–Crippen MR) is 110 cm³/mol. The molecule has 2 rings (SSSR count). The molecular formula is C21H28Cl2O5. The molecule has 0 aromatic heterocycles. The number of carbonyl (C=O) groups excluding carboxylic acids is 1. The fourth-order valence-corrected chi connectivity index (χ4v) is 4.07. The van der Waals surface area contributed by atoms with E-state index < -0.39 is 6.10 Å². The number of unbranched alkanes of at least 4 members (excludes halogenated alkanes) is 1.